The van der Waals surface area contributed by atoms with Gasteiger partial charge in [-0.25, -0.2) is 0 Å². The summed E-state index contributed by atoms with van der Waals surface area (Å²) in [6.45, 7) is 1.03. The molecule has 1 aromatic carbocycles. The Bertz CT molecular complexity index is 704. The van der Waals surface area contributed by atoms with Crippen molar-refractivity contribution in [1.29, 1.82) is 0 Å². The first-order chi connectivity index (χ1) is 10.7. The average Bonchev–Trinajstić information content (AvgIpc) is 3.16. The second-order valence-electron chi connectivity index (χ2n) is 6.46. The fourth-order valence-electron chi connectivity index (χ4n) is 3.63. The van der Waals surface area contributed by atoms with Crippen LogP contribution in [-0.4, -0.2) is 14.8 Å². The summed E-state index contributed by atoms with van der Waals surface area (Å²) in [4.78, 5) is 0. The fourth-order valence-corrected chi connectivity index (χ4v) is 4.22. The number of rotatable bonds is 2. The summed E-state index contributed by atoms with van der Waals surface area (Å²) in [7, 11) is 0. The summed E-state index contributed by atoms with van der Waals surface area (Å²) in [6, 6.07) is 5.82. The highest BCUT2D eigenvalue weighted by Gasteiger charge is 2.51. The van der Waals surface area contributed by atoms with Crippen LogP contribution < -0.4 is 0 Å². The third kappa shape index (κ3) is 2.35. The van der Waals surface area contributed by atoms with Crippen molar-refractivity contribution in [2.24, 2.45) is 0 Å². The highest BCUT2D eigenvalue weighted by Crippen LogP contribution is 2.55. The summed E-state index contributed by atoms with van der Waals surface area (Å²) in [6.07, 6.45) is 8.24. The van der Waals surface area contributed by atoms with Gasteiger partial charge in [0.05, 0.1) is 5.41 Å². The topological polar surface area (TPSA) is 30.7 Å². The third-order valence-electron chi connectivity index (χ3n) is 4.98. The third-order valence-corrected chi connectivity index (χ3v) is 5.53. The van der Waals surface area contributed by atoms with E-state index >= 15 is 0 Å². The molecule has 2 aromatic rings. The summed E-state index contributed by atoms with van der Waals surface area (Å²) in [5.41, 5.74) is 1.10. The maximum atomic E-state index is 6.47. The van der Waals surface area contributed by atoms with E-state index in [2.05, 4.69) is 20.8 Å². The van der Waals surface area contributed by atoms with Crippen LogP contribution in [-0.2, 0) is 18.4 Å². The van der Waals surface area contributed by atoms with Crippen molar-refractivity contribution in [1.82, 2.24) is 14.8 Å². The SMILES string of the molecule is Clc1ccc(C2(c3nnc4n3CCCCCC4)CC2)c(Cl)c1. The number of benzene rings is 1. The molecule has 0 amide bonds. The molecule has 3 nitrogen and oxygen atoms in total. The number of nitrogens with zero attached hydrogens (tertiary/aromatic N) is 3. The molecule has 0 bridgehead atoms. The van der Waals surface area contributed by atoms with Crippen molar-refractivity contribution in [3.63, 3.8) is 0 Å². The van der Waals surface area contributed by atoms with Crippen molar-refractivity contribution >= 4 is 23.2 Å². The van der Waals surface area contributed by atoms with Crippen LogP contribution in [0.1, 0.15) is 55.7 Å². The molecule has 2 heterocycles. The van der Waals surface area contributed by atoms with Gasteiger partial charge in [-0.15, -0.1) is 10.2 Å². The molecule has 1 aliphatic heterocycles. The quantitative estimate of drug-likeness (QED) is 0.790. The van der Waals surface area contributed by atoms with E-state index in [1.165, 1.54) is 25.7 Å². The van der Waals surface area contributed by atoms with E-state index < -0.39 is 0 Å². The van der Waals surface area contributed by atoms with Crippen LogP contribution in [0.25, 0.3) is 0 Å². The van der Waals surface area contributed by atoms with Gasteiger partial charge in [0.25, 0.3) is 0 Å². The predicted molar refractivity (Wildman–Crippen MR) is 88.7 cm³/mol. The molecule has 0 unspecified atom stereocenters. The lowest BCUT2D eigenvalue weighted by atomic mass is 9.94. The van der Waals surface area contributed by atoms with Gasteiger partial charge in [0.1, 0.15) is 11.6 Å². The molecule has 4 rings (SSSR count). The number of hydrogen-bond donors (Lipinski definition) is 0. The van der Waals surface area contributed by atoms with Crippen LogP contribution in [0, 0.1) is 0 Å². The maximum absolute atomic E-state index is 6.47. The number of hydrogen-bond acceptors (Lipinski definition) is 2. The van der Waals surface area contributed by atoms with Gasteiger partial charge in [0.15, 0.2) is 0 Å². The smallest absolute Gasteiger partial charge is 0.143 e. The first kappa shape index (κ1) is 14.5. The van der Waals surface area contributed by atoms with E-state index in [-0.39, 0.29) is 5.41 Å². The molecular formula is C17H19Cl2N3. The number of aryl methyl sites for hydroxylation is 1. The molecule has 2 aliphatic rings. The fraction of sp³-hybridized carbons (Fsp3) is 0.529. The minimum absolute atomic E-state index is 0.0495. The highest BCUT2D eigenvalue weighted by molar-refractivity contribution is 6.35. The lowest BCUT2D eigenvalue weighted by Crippen LogP contribution is -2.19. The largest absolute Gasteiger partial charge is 0.314 e. The Morgan fingerprint density at radius 2 is 1.82 bits per heavy atom. The van der Waals surface area contributed by atoms with Gasteiger partial charge in [-0.05, 0) is 43.4 Å². The normalized spacial score (nSPS) is 20.1. The van der Waals surface area contributed by atoms with Gasteiger partial charge >= 0.3 is 0 Å². The molecule has 0 radical (unpaired) electrons. The van der Waals surface area contributed by atoms with Crippen LogP contribution in [0.5, 0.6) is 0 Å². The van der Waals surface area contributed by atoms with Crippen molar-refractivity contribution in [3.05, 3.63) is 45.5 Å². The molecule has 1 saturated carbocycles. The standard InChI is InChI=1S/C17H19Cl2N3/c18-12-6-7-13(14(19)11-12)17(8-9-17)16-21-20-15-5-3-1-2-4-10-22(15)16/h6-7,11H,1-5,8-10H2. The summed E-state index contributed by atoms with van der Waals surface area (Å²) < 4.78 is 2.36. The summed E-state index contributed by atoms with van der Waals surface area (Å²) >= 11 is 12.5. The van der Waals surface area contributed by atoms with Gasteiger partial charge in [0, 0.05) is 23.0 Å². The van der Waals surface area contributed by atoms with E-state index in [1.54, 1.807) is 0 Å². The second kappa shape index (κ2) is 5.54. The van der Waals surface area contributed by atoms with Gasteiger partial charge in [0.2, 0.25) is 0 Å². The first-order valence-corrected chi connectivity index (χ1v) is 8.84. The van der Waals surface area contributed by atoms with Crippen molar-refractivity contribution < 1.29 is 0 Å². The zero-order valence-corrected chi connectivity index (χ0v) is 14.0. The molecule has 22 heavy (non-hydrogen) atoms. The zero-order chi connectivity index (χ0) is 15.2. The van der Waals surface area contributed by atoms with E-state index in [4.69, 9.17) is 23.2 Å². The minimum atomic E-state index is -0.0495. The van der Waals surface area contributed by atoms with Crippen LogP contribution in [0.2, 0.25) is 10.0 Å². The van der Waals surface area contributed by atoms with E-state index in [1.807, 2.05) is 12.1 Å². The molecule has 0 N–H and O–H groups in total. The van der Waals surface area contributed by atoms with Crippen LogP contribution >= 0.6 is 23.2 Å². The van der Waals surface area contributed by atoms with E-state index in [0.29, 0.717) is 5.02 Å². The van der Waals surface area contributed by atoms with Gasteiger partial charge in [-0.1, -0.05) is 42.1 Å². The minimum Gasteiger partial charge on any atom is -0.314 e. The molecule has 0 atom stereocenters. The van der Waals surface area contributed by atoms with Gasteiger partial charge in [-0.3, -0.25) is 0 Å². The van der Waals surface area contributed by atoms with E-state index in [0.717, 1.165) is 48.0 Å². The lowest BCUT2D eigenvalue weighted by Gasteiger charge is -2.20. The Kier molecular flexibility index (Phi) is 3.66. The molecule has 0 saturated heterocycles. The molecule has 5 heteroatoms. The first-order valence-electron chi connectivity index (χ1n) is 8.09. The monoisotopic (exact) mass is 335 g/mol. The highest BCUT2D eigenvalue weighted by atomic mass is 35.5. The Labute approximate surface area is 140 Å². The molecule has 1 fully saturated rings. The Morgan fingerprint density at radius 1 is 1.00 bits per heavy atom. The number of fused-ring (bicyclic) bond motifs is 1. The molecule has 0 spiro atoms. The van der Waals surface area contributed by atoms with Crippen LogP contribution in [0.4, 0.5) is 0 Å². The van der Waals surface area contributed by atoms with Gasteiger partial charge in [-0.2, -0.15) is 0 Å². The molecule has 1 aromatic heterocycles. The average molecular weight is 336 g/mol. The maximum Gasteiger partial charge on any atom is 0.143 e. The van der Waals surface area contributed by atoms with Crippen molar-refractivity contribution in [2.45, 2.75) is 56.9 Å². The Hall–Kier alpha value is -1.06. The Balaban J connectivity index is 1.78. The molecule has 1 aliphatic carbocycles. The lowest BCUT2D eigenvalue weighted by molar-refractivity contribution is 0.495. The second-order valence-corrected chi connectivity index (χ2v) is 7.31. The van der Waals surface area contributed by atoms with Gasteiger partial charge < -0.3 is 4.57 Å². The molecular weight excluding hydrogens is 317 g/mol. The number of halogens is 2. The molecule has 116 valence electrons. The zero-order valence-electron chi connectivity index (χ0n) is 12.5. The van der Waals surface area contributed by atoms with Crippen LogP contribution in [0.15, 0.2) is 18.2 Å². The summed E-state index contributed by atoms with van der Waals surface area (Å²) in [5.74, 6) is 2.25. The van der Waals surface area contributed by atoms with E-state index in [9.17, 15) is 0 Å². The Morgan fingerprint density at radius 3 is 2.59 bits per heavy atom. The van der Waals surface area contributed by atoms with Crippen LogP contribution in [0.3, 0.4) is 0 Å². The predicted octanol–water partition coefficient (Wildman–Crippen LogP) is 4.78. The van der Waals surface area contributed by atoms with Crippen molar-refractivity contribution in [2.75, 3.05) is 0 Å². The summed E-state index contributed by atoms with van der Waals surface area (Å²) in [5, 5.41) is 10.5. The van der Waals surface area contributed by atoms with Crippen molar-refractivity contribution in [3.8, 4) is 0 Å². The number of aromatic nitrogens is 3.